The molecule has 9 nitrogen and oxygen atoms in total. The monoisotopic (exact) mass is 464 g/mol. The molecule has 4 N–H and O–H groups in total. The van der Waals surface area contributed by atoms with E-state index in [0.717, 1.165) is 6.20 Å². The number of amides is 1. The van der Waals surface area contributed by atoms with Gasteiger partial charge in [-0.05, 0) is 27.7 Å². The number of carbonyl (C=O) groups is 2. The number of carbonyl (C=O) groups excluding carboxylic acids is 1. The van der Waals surface area contributed by atoms with Crippen molar-refractivity contribution in [2.45, 2.75) is 45.9 Å². The normalized spacial score (nSPS) is 21.8. The summed E-state index contributed by atoms with van der Waals surface area (Å²) in [5.41, 5.74) is 2.45. The largest absolute Gasteiger partial charge is 0.477 e. The molecule has 2 aromatic rings. The lowest BCUT2D eigenvalue weighted by Gasteiger charge is -2.26. The highest BCUT2D eigenvalue weighted by Crippen LogP contribution is 2.48. The second-order valence-corrected chi connectivity index (χ2v) is 9.48. The van der Waals surface area contributed by atoms with E-state index in [4.69, 9.17) is 10.5 Å². The molecule has 2 fully saturated rings. The first-order chi connectivity index (χ1) is 15.4. The number of alkyl carbamates (subject to hydrolysis) is 1. The van der Waals surface area contributed by atoms with Gasteiger partial charge in [-0.3, -0.25) is 4.79 Å². The molecule has 1 amide bonds. The van der Waals surface area contributed by atoms with Gasteiger partial charge in [-0.25, -0.2) is 18.4 Å². The number of nitrogens with zero attached hydrogens (tertiary/aromatic N) is 2. The molecule has 1 aliphatic carbocycles. The van der Waals surface area contributed by atoms with Gasteiger partial charge < -0.3 is 30.4 Å². The van der Waals surface area contributed by atoms with E-state index in [2.05, 4.69) is 5.32 Å². The minimum atomic E-state index is -1.50. The Morgan fingerprint density at radius 1 is 1.24 bits per heavy atom. The topological polar surface area (TPSA) is 127 Å². The number of aryl methyl sites for hydroxylation is 1. The van der Waals surface area contributed by atoms with E-state index in [1.807, 2.05) is 0 Å². The number of hydrogen-bond acceptors (Lipinski definition) is 6. The Morgan fingerprint density at radius 2 is 1.85 bits per heavy atom. The highest BCUT2D eigenvalue weighted by atomic mass is 19.1. The third-order valence-electron chi connectivity index (χ3n) is 6.17. The van der Waals surface area contributed by atoms with Gasteiger partial charge in [0, 0.05) is 43.7 Å². The predicted molar refractivity (Wildman–Crippen MR) is 118 cm³/mol. The van der Waals surface area contributed by atoms with E-state index in [0.29, 0.717) is 0 Å². The highest BCUT2D eigenvalue weighted by Gasteiger charge is 2.57. The third kappa shape index (κ3) is 3.75. The minimum absolute atomic E-state index is 0.00371. The molecule has 2 unspecified atom stereocenters. The molecule has 11 heteroatoms. The van der Waals surface area contributed by atoms with E-state index in [1.54, 1.807) is 27.7 Å². The molecule has 1 saturated carbocycles. The Hall–Kier alpha value is -3.37. The van der Waals surface area contributed by atoms with Crippen LogP contribution in [0.5, 0.6) is 0 Å². The molecular weight excluding hydrogens is 438 g/mol. The number of halogens is 2. The molecule has 1 aromatic heterocycles. The van der Waals surface area contributed by atoms with Crippen molar-refractivity contribution >= 4 is 34.3 Å². The fraction of sp³-hybridized carbons (Fsp3) is 0.500. The molecule has 2 atom stereocenters. The van der Waals surface area contributed by atoms with Gasteiger partial charge in [0.25, 0.3) is 0 Å². The summed E-state index contributed by atoms with van der Waals surface area (Å²) in [5.74, 6) is -3.57. The van der Waals surface area contributed by atoms with Gasteiger partial charge in [0.2, 0.25) is 5.43 Å². The Labute approximate surface area is 188 Å². The summed E-state index contributed by atoms with van der Waals surface area (Å²) < 4.78 is 37.4. The van der Waals surface area contributed by atoms with Crippen molar-refractivity contribution in [2.24, 2.45) is 11.8 Å². The van der Waals surface area contributed by atoms with Gasteiger partial charge in [-0.1, -0.05) is 0 Å². The number of piperidine rings is 1. The van der Waals surface area contributed by atoms with Crippen LogP contribution in [0.1, 0.15) is 38.1 Å². The molecule has 4 rings (SSSR count). The molecule has 2 aliphatic rings. The Balaban J connectivity index is 1.66. The number of nitrogens with one attached hydrogen (secondary N) is 1. The van der Waals surface area contributed by atoms with Crippen molar-refractivity contribution in [3.63, 3.8) is 0 Å². The zero-order chi connectivity index (χ0) is 24.4. The molecule has 0 radical (unpaired) electrons. The summed E-state index contributed by atoms with van der Waals surface area (Å²) in [4.78, 5) is 37.6. The van der Waals surface area contributed by atoms with Crippen LogP contribution in [0.15, 0.2) is 11.0 Å². The van der Waals surface area contributed by atoms with Crippen LogP contribution in [0.4, 0.5) is 25.0 Å². The molecule has 2 heterocycles. The van der Waals surface area contributed by atoms with Crippen LogP contribution in [0.2, 0.25) is 0 Å². The second kappa shape index (κ2) is 7.60. The number of ether oxygens (including phenoxy) is 1. The summed E-state index contributed by atoms with van der Waals surface area (Å²) in [6, 6.07) is -0.146. The lowest BCUT2D eigenvalue weighted by Crippen LogP contribution is -2.38. The van der Waals surface area contributed by atoms with Crippen LogP contribution in [0.3, 0.4) is 0 Å². The van der Waals surface area contributed by atoms with Gasteiger partial charge in [-0.15, -0.1) is 0 Å². The fourth-order valence-electron chi connectivity index (χ4n) is 4.64. The number of carboxylic acids is 1. The molecule has 0 spiro atoms. The number of anilines is 2. The first kappa shape index (κ1) is 22.8. The number of aromatic nitrogens is 1. The predicted octanol–water partition coefficient (Wildman–Crippen LogP) is 2.54. The maximum absolute atomic E-state index is 15.6. The molecule has 33 heavy (non-hydrogen) atoms. The summed E-state index contributed by atoms with van der Waals surface area (Å²) in [5, 5.41) is 11.6. The van der Waals surface area contributed by atoms with E-state index in [-0.39, 0.29) is 48.7 Å². The van der Waals surface area contributed by atoms with E-state index in [1.165, 1.54) is 9.47 Å². The standard InChI is InChI=1S/C22H26F2N4O5/c1-5-27-8-11(20(30)31)19(29)12-15(25)13(23)18(14(24)17(12)27)28-6-9-10(7-28)16(9)26-21(32)33-22(2,3)4/h8-10,16H,5-7,25H2,1-4H3,(H,26,32)(H,30,31). The first-order valence-electron chi connectivity index (χ1n) is 10.7. The zero-order valence-electron chi connectivity index (χ0n) is 18.7. The van der Waals surface area contributed by atoms with Gasteiger partial charge in [0.05, 0.1) is 16.6 Å². The Bertz CT molecular complexity index is 1220. The van der Waals surface area contributed by atoms with E-state index in [9.17, 15) is 19.5 Å². The average Bonchev–Trinajstić information content (AvgIpc) is 3.13. The van der Waals surface area contributed by atoms with Crippen molar-refractivity contribution in [1.29, 1.82) is 0 Å². The van der Waals surface area contributed by atoms with Crippen LogP contribution >= 0.6 is 0 Å². The second-order valence-electron chi connectivity index (χ2n) is 9.48. The SMILES string of the molecule is CCn1cc(C(=O)O)c(=O)c2c(N)c(F)c(N3CC4C(C3)C4NC(=O)OC(C)(C)C)c(F)c21. The van der Waals surface area contributed by atoms with Gasteiger partial charge >= 0.3 is 12.1 Å². The molecule has 1 aromatic carbocycles. The van der Waals surface area contributed by atoms with E-state index >= 15 is 8.78 Å². The fourth-order valence-corrected chi connectivity index (χ4v) is 4.64. The molecule has 1 aliphatic heterocycles. The zero-order valence-corrected chi connectivity index (χ0v) is 18.7. The van der Waals surface area contributed by atoms with E-state index < -0.39 is 51.4 Å². The number of fused-ring (bicyclic) bond motifs is 2. The van der Waals surface area contributed by atoms with Crippen LogP contribution in [-0.4, -0.2) is 46.5 Å². The van der Waals surface area contributed by atoms with Crippen molar-refractivity contribution in [3.8, 4) is 0 Å². The summed E-state index contributed by atoms with van der Waals surface area (Å²) in [6.45, 7) is 7.63. The van der Waals surface area contributed by atoms with Crippen molar-refractivity contribution in [2.75, 3.05) is 23.7 Å². The maximum atomic E-state index is 15.6. The van der Waals surface area contributed by atoms with Crippen LogP contribution in [0.25, 0.3) is 10.9 Å². The highest BCUT2D eigenvalue weighted by molar-refractivity contribution is 5.99. The van der Waals surface area contributed by atoms with Crippen LogP contribution in [-0.2, 0) is 11.3 Å². The molecular formula is C22H26F2N4O5. The Morgan fingerprint density at radius 3 is 2.36 bits per heavy atom. The minimum Gasteiger partial charge on any atom is -0.477 e. The summed E-state index contributed by atoms with van der Waals surface area (Å²) in [7, 11) is 0. The van der Waals surface area contributed by atoms with Gasteiger partial charge in [0.15, 0.2) is 11.6 Å². The number of nitrogen functional groups attached to an aromatic ring is 1. The molecule has 178 valence electrons. The third-order valence-corrected chi connectivity index (χ3v) is 6.17. The number of rotatable bonds is 4. The van der Waals surface area contributed by atoms with Gasteiger partial charge in [-0.2, -0.15) is 0 Å². The maximum Gasteiger partial charge on any atom is 0.407 e. The number of carboxylic acid groups (broad SMARTS) is 1. The number of benzene rings is 1. The average molecular weight is 464 g/mol. The number of nitrogens with two attached hydrogens (primary N) is 1. The summed E-state index contributed by atoms with van der Waals surface area (Å²) in [6.07, 6.45) is 0.501. The molecule has 1 saturated heterocycles. The van der Waals surface area contributed by atoms with Gasteiger partial charge in [0.1, 0.15) is 16.9 Å². The smallest absolute Gasteiger partial charge is 0.407 e. The lowest BCUT2D eigenvalue weighted by molar-refractivity contribution is 0.0517. The summed E-state index contributed by atoms with van der Waals surface area (Å²) >= 11 is 0. The lowest BCUT2D eigenvalue weighted by atomic mass is 10.1. The number of hydrogen-bond donors (Lipinski definition) is 3. The Kier molecular flexibility index (Phi) is 5.25. The first-order valence-corrected chi connectivity index (χ1v) is 10.7. The number of aromatic carboxylic acids is 1. The quantitative estimate of drug-likeness (QED) is 0.594. The van der Waals surface area contributed by atoms with Crippen molar-refractivity contribution in [1.82, 2.24) is 9.88 Å². The number of pyridine rings is 1. The molecule has 0 bridgehead atoms. The van der Waals surface area contributed by atoms with Crippen molar-refractivity contribution in [3.05, 3.63) is 33.6 Å². The van der Waals surface area contributed by atoms with Crippen molar-refractivity contribution < 1.29 is 28.2 Å². The van der Waals surface area contributed by atoms with Crippen LogP contribution < -0.4 is 21.4 Å². The van der Waals surface area contributed by atoms with Crippen LogP contribution in [0, 0.1) is 23.5 Å².